The Morgan fingerprint density at radius 3 is 1.12 bits per heavy atom. The molecule has 0 aliphatic heterocycles. The molecule has 0 aromatic heterocycles. The van der Waals surface area contributed by atoms with Crippen molar-refractivity contribution in [3.05, 3.63) is 108 Å². The quantitative estimate of drug-likeness (QED) is 0.0857. The van der Waals surface area contributed by atoms with Gasteiger partial charge in [0.15, 0.2) is 0 Å². The van der Waals surface area contributed by atoms with Crippen LogP contribution in [0.2, 0.25) is 0 Å². The van der Waals surface area contributed by atoms with Crippen molar-refractivity contribution in [2.24, 2.45) is 0 Å². The fraction of sp³-hybridized carbons (Fsp3) is 0.550. The van der Waals surface area contributed by atoms with E-state index in [2.05, 4.69) is 79.7 Å². The highest BCUT2D eigenvalue weighted by Crippen LogP contribution is 2.40. The third-order valence-corrected chi connectivity index (χ3v) is 8.67. The van der Waals surface area contributed by atoms with Gasteiger partial charge in [0.1, 0.15) is 5.60 Å². The molecule has 0 bridgehead atoms. The van der Waals surface area contributed by atoms with Gasteiger partial charge in [0.25, 0.3) is 0 Å². The van der Waals surface area contributed by atoms with Crippen molar-refractivity contribution >= 4 is 0 Å². The third kappa shape index (κ3) is 12.1. The van der Waals surface area contributed by atoms with E-state index in [-0.39, 0.29) is 0 Å². The number of rotatable bonds is 24. The minimum atomic E-state index is -0.765. The Bertz CT molecular complexity index is 921. The largest absolute Gasteiger partial charge is 0.391 e. The molecule has 3 aromatic carbocycles. The van der Waals surface area contributed by atoms with E-state index in [4.69, 9.17) is 4.74 Å². The standard InChI is InChI=1S/C40H58O2/c1-2-3-4-5-6-7-8-9-10-11-12-13-14-15-16-17-27-34-39(41)35-42-40(36-28-21-18-22-29-36,37-30-23-19-24-31-37)38-32-25-20-26-33-38/h18-26,28-33,39,41H,2-17,27,34-35H2,1H3/t39-/m1/s1. The van der Waals surface area contributed by atoms with Crippen molar-refractivity contribution in [2.75, 3.05) is 6.61 Å². The molecule has 0 saturated carbocycles. The van der Waals surface area contributed by atoms with Crippen LogP contribution in [0.15, 0.2) is 91.0 Å². The third-order valence-electron chi connectivity index (χ3n) is 8.67. The van der Waals surface area contributed by atoms with Crippen LogP contribution in [-0.4, -0.2) is 17.8 Å². The highest BCUT2D eigenvalue weighted by molar-refractivity contribution is 5.47. The zero-order chi connectivity index (χ0) is 29.6. The Kier molecular flexibility index (Phi) is 17.3. The predicted octanol–water partition coefficient (Wildman–Crippen LogP) is 11.4. The maximum Gasteiger partial charge on any atom is 0.143 e. The molecular weight excluding hydrogens is 512 g/mol. The average molecular weight is 571 g/mol. The van der Waals surface area contributed by atoms with Crippen LogP contribution in [0.4, 0.5) is 0 Å². The van der Waals surface area contributed by atoms with E-state index < -0.39 is 11.7 Å². The summed E-state index contributed by atoms with van der Waals surface area (Å²) in [5.41, 5.74) is 2.46. The van der Waals surface area contributed by atoms with E-state index in [1.165, 1.54) is 103 Å². The number of hydrogen-bond acceptors (Lipinski definition) is 2. The van der Waals surface area contributed by atoms with Crippen molar-refractivity contribution in [1.29, 1.82) is 0 Å². The molecule has 0 heterocycles. The first kappa shape index (κ1) is 34.1. The van der Waals surface area contributed by atoms with Gasteiger partial charge in [-0.25, -0.2) is 0 Å². The minimum absolute atomic E-state index is 0.303. The summed E-state index contributed by atoms with van der Waals surface area (Å²) in [5.74, 6) is 0. The number of ether oxygens (including phenoxy) is 1. The van der Waals surface area contributed by atoms with Gasteiger partial charge >= 0.3 is 0 Å². The van der Waals surface area contributed by atoms with Gasteiger partial charge < -0.3 is 9.84 Å². The van der Waals surface area contributed by atoms with Crippen LogP contribution in [0, 0.1) is 0 Å². The average Bonchev–Trinajstić information content (AvgIpc) is 3.04. The summed E-state index contributed by atoms with van der Waals surface area (Å²) in [4.78, 5) is 0. The molecule has 0 saturated heterocycles. The lowest BCUT2D eigenvalue weighted by molar-refractivity contribution is -0.0405. The molecule has 2 heteroatoms. The normalized spacial score (nSPS) is 12.4. The first-order valence-electron chi connectivity index (χ1n) is 17.3. The van der Waals surface area contributed by atoms with E-state index in [0.29, 0.717) is 6.61 Å². The van der Waals surface area contributed by atoms with Crippen LogP contribution in [0.3, 0.4) is 0 Å². The van der Waals surface area contributed by atoms with E-state index >= 15 is 0 Å². The molecule has 1 N–H and O–H groups in total. The van der Waals surface area contributed by atoms with Crippen LogP contribution < -0.4 is 0 Å². The van der Waals surface area contributed by atoms with Gasteiger partial charge in [-0.2, -0.15) is 0 Å². The van der Waals surface area contributed by atoms with E-state index in [9.17, 15) is 5.11 Å². The first-order chi connectivity index (χ1) is 20.8. The highest BCUT2D eigenvalue weighted by Gasteiger charge is 2.37. The summed E-state index contributed by atoms with van der Waals surface area (Å²) in [5, 5.41) is 11.0. The molecule has 0 aliphatic rings. The van der Waals surface area contributed by atoms with E-state index in [0.717, 1.165) is 29.5 Å². The molecule has 3 aromatic rings. The van der Waals surface area contributed by atoms with Crippen LogP contribution in [-0.2, 0) is 10.3 Å². The van der Waals surface area contributed by atoms with Crippen LogP contribution >= 0.6 is 0 Å². The number of aliphatic hydroxyl groups excluding tert-OH is 1. The molecule has 0 amide bonds. The minimum Gasteiger partial charge on any atom is -0.391 e. The molecule has 42 heavy (non-hydrogen) atoms. The van der Waals surface area contributed by atoms with Crippen molar-refractivity contribution in [2.45, 2.75) is 134 Å². The van der Waals surface area contributed by atoms with Gasteiger partial charge in [-0.1, -0.05) is 207 Å². The van der Waals surface area contributed by atoms with Gasteiger partial charge in [-0.15, -0.1) is 0 Å². The topological polar surface area (TPSA) is 29.5 Å². The molecule has 1 atom stereocenters. The molecule has 0 fully saturated rings. The maximum absolute atomic E-state index is 11.0. The monoisotopic (exact) mass is 570 g/mol. The summed E-state index contributed by atoms with van der Waals surface area (Å²) >= 11 is 0. The molecule has 0 radical (unpaired) electrons. The van der Waals surface area contributed by atoms with E-state index in [1.54, 1.807) is 0 Å². The highest BCUT2D eigenvalue weighted by atomic mass is 16.5. The summed E-state index contributed by atoms with van der Waals surface area (Å²) in [6.07, 6.45) is 23.5. The predicted molar refractivity (Wildman–Crippen MR) is 180 cm³/mol. The van der Waals surface area contributed by atoms with Gasteiger partial charge in [-0.05, 0) is 23.1 Å². The molecule has 230 valence electrons. The first-order valence-corrected chi connectivity index (χ1v) is 17.3. The number of benzene rings is 3. The number of hydrogen-bond donors (Lipinski definition) is 1. The molecule has 0 spiro atoms. The summed E-state index contributed by atoms with van der Waals surface area (Å²) in [7, 11) is 0. The van der Waals surface area contributed by atoms with E-state index in [1.807, 2.05) is 18.2 Å². The van der Waals surface area contributed by atoms with Crippen molar-refractivity contribution < 1.29 is 9.84 Å². The number of aliphatic hydroxyl groups is 1. The lowest BCUT2D eigenvalue weighted by Crippen LogP contribution is -2.35. The Labute approximate surface area is 257 Å². The SMILES string of the molecule is CCCCCCCCCCCCCCCCCCC[C@@H](O)COC(c1ccccc1)(c1ccccc1)c1ccccc1. The van der Waals surface area contributed by atoms with Gasteiger partial charge in [0.05, 0.1) is 12.7 Å². The summed E-state index contributed by atoms with van der Waals surface area (Å²) < 4.78 is 6.78. The van der Waals surface area contributed by atoms with Gasteiger partial charge in [-0.3, -0.25) is 0 Å². The zero-order valence-electron chi connectivity index (χ0n) is 26.5. The van der Waals surface area contributed by atoms with Crippen molar-refractivity contribution in [1.82, 2.24) is 0 Å². The second kappa shape index (κ2) is 21.3. The molecule has 0 unspecified atom stereocenters. The van der Waals surface area contributed by atoms with Crippen LogP contribution in [0.5, 0.6) is 0 Å². The Morgan fingerprint density at radius 1 is 0.476 bits per heavy atom. The van der Waals surface area contributed by atoms with Crippen molar-refractivity contribution in [3.8, 4) is 0 Å². The summed E-state index contributed by atoms with van der Waals surface area (Å²) in [6.45, 7) is 2.59. The smallest absolute Gasteiger partial charge is 0.143 e. The lowest BCUT2D eigenvalue weighted by Gasteiger charge is -2.36. The van der Waals surface area contributed by atoms with Gasteiger partial charge in [0, 0.05) is 0 Å². The molecular formula is C40H58O2. The fourth-order valence-electron chi connectivity index (χ4n) is 6.18. The fourth-order valence-corrected chi connectivity index (χ4v) is 6.18. The molecule has 0 aliphatic carbocycles. The molecule has 3 rings (SSSR count). The Balaban J connectivity index is 1.33. The van der Waals surface area contributed by atoms with Crippen LogP contribution in [0.25, 0.3) is 0 Å². The molecule has 2 nitrogen and oxygen atoms in total. The lowest BCUT2D eigenvalue weighted by atomic mass is 9.80. The number of unbranched alkanes of at least 4 members (excludes halogenated alkanes) is 16. The summed E-state index contributed by atoms with van der Waals surface area (Å²) in [6, 6.07) is 31.3. The van der Waals surface area contributed by atoms with Crippen LogP contribution in [0.1, 0.15) is 139 Å². The Hall–Kier alpha value is -2.42. The maximum atomic E-state index is 11.0. The van der Waals surface area contributed by atoms with Crippen molar-refractivity contribution in [3.63, 3.8) is 0 Å². The second-order valence-corrected chi connectivity index (χ2v) is 12.2. The second-order valence-electron chi connectivity index (χ2n) is 12.2. The Morgan fingerprint density at radius 2 is 0.786 bits per heavy atom. The van der Waals surface area contributed by atoms with Gasteiger partial charge in [0.2, 0.25) is 0 Å². The zero-order valence-corrected chi connectivity index (χ0v) is 26.5.